The number of nitrogens with zero attached hydrogens (tertiary/aromatic N) is 2. The maximum Gasteiger partial charge on any atom is 0.328 e. The second kappa shape index (κ2) is 44.8. The third kappa shape index (κ3) is 24.6. The van der Waals surface area contributed by atoms with E-state index in [4.69, 9.17) is 47.9 Å². The lowest BCUT2D eigenvalue weighted by atomic mass is 10.0. The van der Waals surface area contributed by atoms with Crippen LogP contribution in [0.1, 0.15) is 116 Å². The molecule has 5 heterocycles. The summed E-state index contributed by atoms with van der Waals surface area (Å²) in [6.45, 7) is 27.8. The Balaban J connectivity index is 1.25. The zero-order valence-corrected chi connectivity index (χ0v) is 65.8. The molecule has 9 rings (SSSR count). The van der Waals surface area contributed by atoms with Gasteiger partial charge in [0.2, 0.25) is 0 Å². The van der Waals surface area contributed by atoms with Gasteiger partial charge in [-0.1, -0.05) is 150 Å². The van der Waals surface area contributed by atoms with E-state index in [-0.39, 0.29) is 126 Å². The number of carbonyl (C=O) groups excluding carboxylic acids is 12. The van der Waals surface area contributed by atoms with Crippen LogP contribution in [0.15, 0.2) is 223 Å². The Morgan fingerprint density at radius 3 is 0.642 bits per heavy atom. The molecule has 0 aliphatic carbocycles. The van der Waals surface area contributed by atoms with E-state index in [0.717, 1.165) is 0 Å². The van der Waals surface area contributed by atoms with E-state index in [0.29, 0.717) is 89.4 Å². The van der Waals surface area contributed by atoms with Gasteiger partial charge in [0.15, 0.2) is 0 Å². The van der Waals surface area contributed by atoms with Crippen LogP contribution in [0.25, 0.3) is 90.9 Å². The molecule has 0 saturated heterocycles. The monoisotopic (exact) mass is 1630 g/mol. The molecule has 0 radical (unpaired) electrons. The summed E-state index contributed by atoms with van der Waals surface area (Å²) in [5, 5.41) is 10.8. The first-order valence-electron chi connectivity index (χ1n) is 38.1. The van der Waals surface area contributed by atoms with Gasteiger partial charge < -0.3 is 69.1 Å². The van der Waals surface area contributed by atoms with Crippen LogP contribution in [0.4, 0.5) is 0 Å². The van der Waals surface area contributed by atoms with Crippen molar-refractivity contribution in [1.29, 1.82) is 0 Å². The van der Waals surface area contributed by atoms with Gasteiger partial charge in [0.25, 0.3) is 23.6 Å². The van der Waals surface area contributed by atoms with E-state index in [9.17, 15) is 57.5 Å². The third-order valence-electron chi connectivity index (χ3n) is 18.2. The highest BCUT2D eigenvalue weighted by Gasteiger charge is 2.30. The van der Waals surface area contributed by atoms with Crippen molar-refractivity contribution in [2.75, 3.05) is 52.9 Å². The van der Waals surface area contributed by atoms with E-state index in [1.54, 1.807) is 121 Å². The number of rotatable bonds is 44. The number of fused-ring (bicyclic) bond motifs is 8. The summed E-state index contributed by atoms with van der Waals surface area (Å²) in [6, 6.07) is 28.2. The third-order valence-corrected chi connectivity index (χ3v) is 18.2. The number of H-pyrrole nitrogens is 2. The van der Waals surface area contributed by atoms with Crippen molar-refractivity contribution in [2.45, 2.75) is 75.5 Å². The Bertz CT molecular complexity index is 4680. The van der Waals surface area contributed by atoms with Gasteiger partial charge in [-0.2, -0.15) is 0 Å². The molecule has 4 unspecified atom stereocenters. The van der Waals surface area contributed by atoms with Gasteiger partial charge in [-0.05, 0) is 145 Å². The maximum absolute atomic E-state index is 14.2. The normalized spacial score (nSPS) is 12.0. The summed E-state index contributed by atoms with van der Waals surface area (Å²) in [7, 11) is 0. The van der Waals surface area contributed by atoms with E-state index in [2.05, 4.69) is 83.9 Å². The SMILES string of the molecule is C=CCOC(=O)CCC(NC(=O)c1ccc(-c2c3nc(c(-c4ccc(C(=O)NC(CCC(=O)OCC=C)C(=O)OCC=C)cc4)c4ccc([nH]4)c(-c4ccc(C(=O)NC(CCC(=O)OCC=C)C(=O)OCC=C)cc4)c4nc(c(-c5ccc(C(=O)NC(CCC(=O)OCC=C)C(=O)OCC=C)cc5)c5ccc2[nH]5)C=C4)C=C3)cc1)C(=O)OCC=C. The van der Waals surface area contributed by atoms with Gasteiger partial charge in [-0.25, -0.2) is 29.1 Å². The molecule has 6 N–H and O–H groups in total. The number of nitrogens with one attached hydrogen (secondary N) is 6. The van der Waals surface area contributed by atoms with Gasteiger partial charge in [0, 0.05) is 92.3 Å². The highest BCUT2D eigenvalue weighted by Crippen LogP contribution is 2.39. The molecule has 618 valence electrons. The van der Waals surface area contributed by atoms with Crippen LogP contribution < -0.4 is 21.3 Å². The van der Waals surface area contributed by atoms with Gasteiger partial charge in [0.05, 0.1) is 22.8 Å². The molecule has 3 aromatic heterocycles. The second-order valence-corrected chi connectivity index (χ2v) is 26.6. The number of aromatic amines is 2. The standard InChI is InChI=1S/C92H90N8O20/c1-9-49-113-77(101)45-41-73(89(109)117-53-13-5)97-85(105)61-25-17-57(18-26-61)81-65-33-35-67(93-65)82(58-19-27-62(28-20-58)86(106)98-74(90(110)118-54-14-6)42-46-78(102)114-50-10-2)69-37-39-71(95-69)84(60-23-31-64(32-24-60)88(108)100-76(92(112)120-56-16-8)44-48-80(104)116-52-12-4)72-40-38-70(96-72)83(68-36-34-66(81)94-68)59-21-29-63(30-22-59)87(107)99-75(91(111)119-55-15-7)43-47-79(103)115-51-11-3/h9-40,73-76,93,96H,1-8,41-56H2,(H,97,105)(H,98,106)(H,99,107)(H,100,108). The number of aromatic nitrogens is 4. The molecular formula is C92H90N8O20. The fourth-order valence-corrected chi connectivity index (χ4v) is 12.4. The number of ether oxygens (including phenoxy) is 8. The second-order valence-electron chi connectivity index (χ2n) is 26.6. The fourth-order valence-electron chi connectivity index (χ4n) is 12.4. The van der Waals surface area contributed by atoms with Crippen molar-refractivity contribution < 1.29 is 95.4 Å². The Hall–Kier alpha value is -15.0. The van der Waals surface area contributed by atoms with Crippen molar-refractivity contribution in [3.05, 3.63) is 268 Å². The van der Waals surface area contributed by atoms with E-state index >= 15 is 0 Å². The van der Waals surface area contributed by atoms with E-state index < -0.39 is 95.6 Å². The zero-order chi connectivity index (χ0) is 86.0. The minimum atomic E-state index is -1.27. The molecule has 0 saturated carbocycles. The minimum absolute atomic E-state index is 0.0599. The topological polar surface area (TPSA) is 384 Å². The molecule has 0 fully saturated rings. The maximum atomic E-state index is 14.2. The van der Waals surface area contributed by atoms with Crippen LogP contribution in [-0.4, -0.2) is 168 Å². The summed E-state index contributed by atoms with van der Waals surface area (Å²) in [4.78, 5) is 179. The molecule has 28 heteroatoms. The van der Waals surface area contributed by atoms with Gasteiger partial charge in [-0.15, -0.1) is 0 Å². The predicted molar refractivity (Wildman–Crippen MR) is 452 cm³/mol. The van der Waals surface area contributed by atoms with Crippen molar-refractivity contribution in [3.63, 3.8) is 0 Å². The molecule has 4 amide bonds. The highest BCUT2D eigenvalue weighted by atomic mass is 16.6. The lowest BCUT2D eigenvalue weighted by Crippen LogP contribution is -2.42. The van der Waals surface area contributed by atoms with Crippen molar-refractivity contribution >= 4 is 118 Å². The van der Waals surface area contributed by atoms with Crippen LogP contribution in [0.2, 0.25) is 0 Å². The van der Waals surface area contributed by atoms with Gasteiger partial charge >= 0.3 is 47.8 Å². The first-order chi connectivity index (χ1) is 58.1. The number of esters is 8. The van der Waals surface area contributed by atoms with Crippen molar-refractivity contribution in [2.24, 2.45) is 0 Å². The van der Waals surface area contributed by atoms with Crippen LogP contribution in [0.5, 0.6) is 0 Å². The van der Waals surface area contributed by atoms with Crippen LogP contribution in [0, 0.1) is 0 Å². The summed E-state index contributed by atoms with van der Waals surface area (Å²) in [5.41, 5.74) is 8.10. The molecule has 28 nitrogen and oxygen atoms in total. The molecule has 4 aromatic carbocycles. The molecule has 2 aliphatic heterocycles. The quantitative estimate of drug-likeness (QED) is 0.0117. The Morgan fingerprint density at radius 1 is 0.275 bits per heavy atom. The van der Waals surface area contributed by atoms with Crippen LogP contribution >= 0.6 is 0 Å². The largest absolute Gasteiger partial charge is 0.461 e. The molecule has 7 aromatic rings. The average Bonchev–Trinajstić information content (AvgIpc) is 1.61. The van der Waals surface area contributed by atoms with Crippen LogP contribution in [-0.2, 0) is 76.3 Å². The Kier molecular flexibility index (Phi) is 33.2. The number of carbonyl (C=O) groups is 12. The molecular weight excluding hydrogens is 1540 g/mol. The fraction of sp³-hybridized carbons (Fsp3) is 0.217. The van der Waals surface area contributed by atoms with Crippen molar-refractivity contribution in [1.82, 2.24) is 41.2 Å². The summed E-state index contributed by atoms with van der Waals surface area (Å²) >= 11 is 0. The minimum Gasteiger partial charge on any atom is -0.461 e. The number of benzene rings is 4. The molecule has 0 spiro atoms. The average molecular weight is 1630 g/mol. The van der Waals surface area contributed by atoms with Gasteiger partial charge in [0.1, 0.15) is 77.0 Å². The molecule has 120 heavy (non-hydrogen) atoms. The predicted octanol–water partition coefficient (Wildman–Crippen LogP) is 12.7. The smallest absolute Gasteiger partial charge is 0.328 e. The molecule has 4 atom stereocenters. The highest BCUT2D eigenvalue weighted by molar-refractivity contribution is 6.04. The Morgan fingerprint density at radius 2 is 0.458 bits per heavy atom. The molecule has 8 bridgehead atoms. The summed E-state index contributed by atoms with van der Waals surface area (Å²) in [6.07, 6.45) is 16.6. The lowest BCUT2D eigenvalue weighted by Gasteiger charge is -2.17. The van der Waals surface area contributed by atoms with E-state index in [1.807, 2.05) is 24.3 Å². The number of amides is 4. The molecule has 2 aliphatic rings. The summed E-state index contributed by atoms with van der Waals surface area (Å²) in [5.74, 6) is -8.46. The first-order valence-corrected chi connectivity index (χ1v) is 38.1. The number of hydrogen-bond donors (Lipinski definition) is 6. The van der Waals surface area contributed by atoms with Crippen molar-refractivity contribution in [3.8, 4) is 44.5 Å². The summed E-state index contributed by atoms with van der Waals surface area (Å²) < 4.78 is 41.8. The van der Waals surface area contributed by atoms with Crippen LogP contribution in [0.3, 0.4) is 0 Å². The number of hydrogen-bond acceptors (Lipinski definition) is 22. The Labute approximate surface area is 691 Å². The first kappa shape index (κ1) is 89.0. The zero-order valence-electron chi connectivity index (χ0n) is 65.8. The van der Waals surface area contributed by atoms with E-state index in [1.165, 1.54) is 48.6 Å². The lowest BCUT2D eigenvalue weighted by molar-refractivity contribution is -0.147. The van der Waals surface area contributed by atoms with Gasteiger partial charge in [-0.3, -0.25) is 38.4 Å².